The van der Waals surface area contributed by atoms with Crippen molar-refractivity contribution < 1.29 is 14.3 Å². The second-order valence-corrected chi connectivity index (χ2v) is 4.19. The van der Waals surface area contributed by atoms with Gasteiger partial charge in [0.2, 0.25) is 0 Å². The Morgan fingerprint density at radius 2 is 2.21 bits per heavy atom. The number of methoxy groups -OCH3 is 1. The molecule has 1 aromatic rings. The lowest BCUT2D eigenvalue weighted by atomic mass is 10.2. The summed E-state index contributed by atoms with van der Waals surface area (Å²) in [5.74, 6) is 0.639. The van der Waals surface area contributed by atoms with E-state index in [2.05, 4.69) is 5.43 Å². The highest BCUT2D eigenvalue weighted by molar-refractivity contribution is 5.91. The fourth-order valence-electron chi connectivity index (χ4n) is 1.79. The van der Waals surface area contributed by atoms with Gasteiger partial charge in [0.05, 0.1) is 20.3 Å². The van der Waals surface area contributed by atoms with Crippen molar-refractivity contribution in [1.29, 1.82) is 0 Å². The maximum absolute atomic E-state index is 11.7. The normalized spacial score (nSPS) is 16.5. The van der Waals surface area contributed by atoms with E-state index in [0.717, 1.165) is 24.4 Å². The third-order valence-corrected chi connectivity index (χ3v) is 2.80. The number of benzene rings is 1. The molecule has 102 valence electrons. The van der Waals surface area contributed by atoms with E-state index in [-0.39, 0.29) is 5.91 Å². The van der Waals surface area contributed by atoms with E-state index in [1.807, 2.05) is 29.3 Å². The summed E-state index contributed by atoms with van der Waals surface area (Å²) in [6, 6.07) is 7.54. The van der Waals surface area contributed by atoms with Gasteiger partial charge in [-0.25, -0.2) is 5.01 Å². The van der Waals surface area contributed by atoms with E-state index in [1.165, 1.54) is 6.08 Å². The molecule has 1 heterocycles. The maximum atomic E-state index is 11.7. The number of carbonyl (C=O) groups excluding carboxylic acids is 1. The average Bonchev–Trinajstić information content (AvgIpc) is 2.46. The second kappa shape index (κ2) is 6.92. The second-order valence-electron chi connectivity index (χ2n) is 4.19. The lowest BCUT2D eigenvalue weighted by Gasteiger charge is -2.26. The SMILES string of the molecule is COc1cccc(C=CC(=O)NN2CCOCC2)c1. The van der Waals surface area contributed by atoms with Crippen LogP contribution in [-0.4, -0.2) is 44.3 Å². The Hall–Kier alpha value is -1.85. The first-order valence-corrected chi connectivity index (χ1v) is 6.23. The van der Waals surface area contributed by atoms with Gasteiger partial charge in [-0.3, -0.25) is 10.2 Å². The molecule has 1 aliphatic heterocycles. The molecule has 19 heavy (non-hydrogen) atoms. The summed E-state index contributed by atoms with van der Waals surface area (Å²) in [4.78, 5) is 11.7. The van der Waals surface area contributed by atoms with Gasteiger partial charge in [-0.1, -0.05) is 12.1 Å². The third kappa shape index (κ3) is 4.39. The number of carbonyl (C=O) groups is 1. The number of amides is 1. The molecule has 0 unspecified atom stereocenters. The summed E-state index contributed by atoms with van der Waals surface area (Å²) in [7, 11) is 1.62. The van der Waals surface area contributed by atoms with E-state index in [0.29, 0.717) is 13.2 Å². The molecule has 1 N–H and O–H groups in total. The molecule has 0 aromatic heterocycles. The zero-order valence-electron chi connectivity index (χ0n) is 11.0. The van der Waals surface area contributed by atoms with Gasteiger partial charge in [0.1, 0.15) is 5.75 Å². The Morgan fingerprint density at radius 3 is 2.95 bits per heavy atom. The van der Waals surface area contributed by atoms with Crippen molar-refractivity contribution in [3.8, 4) is 5.75 Å². The molecule has 0 radical (unpaired) electrons. The smallest absolute Gasteiger partial charge is 0.258 e. The highest BCUT2D eigenvalue weighted by atomic mass is 16.5. The van der Waals surface area contributed by atoms with Crippen LogP contribution in [0.15, 0.2) is 30.3 Å². The van der Waals surface area contributed by atoms with Crippen LogP contribution in [0.2, 0.25) is 0 Å². The number of nitrogens with one attached hydrogen (secondary N) is 1. The molecule has 5 nitrogen and oxygen atoms in total. The fraction of sp³-hybridized carbons (Fsp3) is 0.357. The fourth-order valence-corrected chi connectivity index (χ4v) is 1.79. The van der Waals surface area contributed by atoms with Crippen molar-refractivity contribution in [2.75, 3.05) is 33.4 Å². The van der Waals surface area contributed by atoms with Gasteiger partial charge in [-0.05, 0) is 23.8 Å². The lowest BCUT2D eigenvalue weighted by Crippen LogP contribution is -2.47. The molecule has 0 aliphatic carbocycles. The summed E-state index contributed by atoms with van der Waals surface area (Å²) < 4.78 is 10.3. The van der Waals surface area contributed by atoms with E-state index < -0.39 is 0 Å². The molecule has 0 atom stereocenters. The van der Waals surface area contributed by atoms with Crippen LogP contribution in [-0.2, 0) is 9.53 Å². The highest BCUT2D eigenvalue weighted by Gasteiger charge is 2.10. The minimum absolute atomic E-state index is 0.135. The van der Waals surface area contributed by atoms with Crippen LogP contribution < -0.4 is 10.2 Å². The van der Waals surface area contributed by atoms with Crippen LogP contribution in [0.4, 0.5) is 0 Å². The Labute approximate surface area is 112 Å². The quantitative estimate of drug-likeness (QED) is 0.825. The van der Waals surface area contributed by atoms with Crippen LogP contribution in [0.3, 0.4) is 0 Å². The van der Waals surface area contributed by atoms with Gasteiger partial charge in [0.25, 0.3) is 5.91 Å². The number of ether oxygens (including phenoxy) is 2. The van der Waals surface area contributed by atoms with Crippen molar-refractivity contribution in [3.05, 3.63) is 35.9 Å². The van der Waals surface area contributed by atoms with Gasteiger partial charge < -0.3 is 9.47 Å². The monoisotopic (exact) mass is 262 g/mol. The standard InChI is InChI=1S/C14H18N2O3/c1-18-13-4-2-3-12(11-13)5-6-14(17)15-16-7-9-19-10-8-16/h2-6,11H,7-10H2,1H3,(H,15,17). The third-order valence-electron chi connectivity index (χ3n) is 2.80. The van der Waals surface area contributed by atoms with Crippen LogP contribution >= 0.6 is 0 Å². The van der Waals surface area contributed by atoms with Crippen molar-refractivity contribution in [1.82, 2.24) is 10.4 Å². The van der Waals surface area contributed by atoms with Gasteiger partial charge in [-0.15, -0.1) is 0 Å². The van der Waals surface area contributed by atoms with Crippen LogP contribution in [0.1, 0.15) is 5.56 Å². The summed E-state index contributed by atoms with van der Waals surface area (Å²) in [6.45, 7) is 2.75. The number of morpholine rings is 1. The van der Waals surface area contributed by atoms with Gasteiger partial charge >= 0.3 is 0 Å². The van der Waals surface area contributed by atoms with E-state index in [9.17, 15) is 4.79 Å². The number of hydrazine groups is 1. The van der Waals surface area contributed by atoms with E-state index in [4.69, 9.17) is 9.47 Å². The zero-order valence-corrected chi connectivity index (χ0v) is 11.0. The molecule has 1 aliphatic rings. The Bertz CT molecular complexity index is 454. The van der Waals surface area contributed by atoms with Crippen molar-refractivity contribution >= 4 is 12.0 Å². The minimum Gasteiger partial charge on any atom is -0.497 e. The first-order chi connectivity index (χ1) is 9.28. The first-order valence-electron chi connectivity index (χ1n) is 6.23. The van der Waals surface area contributed by atoms with Gasteiger partial charge in [-0.2, -0.15) is 0 Å². The molecule has 0 bridgehead atoms. The zero-order chi connectivity index (χ0) is 13.5. The Morgan fingerprint density at radius 1 is 1.42 bits per heavy atom. The summed E-state index contributed by atoms with van der Waals surface area (Å²) >= 11 is 0. The molecular formula is C14H18N2O3. The summed E-state index contributed by atoms with van der Waals surface area (Å²) in [5.41, 5.74) is 3.74. The topological polar surface area (TPSA) is 50.8 Å². The van der Waals surface area contributed by atoms with Crippen molar-refractivity contribution in [2.45, 2.75) is 0 Å². The number of hydrogen-bond acceptors (Lipinski definition) is 4. The Kier molecular flexibility index (Phi) is 4.94. The molecular weight excluding hydrogens is 244 g/mol. The highest BCUT2D eigenvalue weighted by Crippen LogP contribution is 2.13. The predicted molar refractivity (Wildman–Crippen MR) is 72.6 cm³/mol. The predicted octanol–water partition coefficient (Wildman–Crippen LogP) is 1.07. The summed E-state index contributed by atoms with van der Waals surface area (Å²) in [6.07, 6.45) is 3.28. The molecule has 0 spiro atoms. The van der Waals surface area contributed by atoms with E-state index in [1.54, 1.807) is 13.2 Å². The lowest BCUT2D eigenvalue weighted by molar-refractivity contribution is -0.123. The maximum Gasteiger partial charge on any atom is 0.258 e. The van der Waals surface area contributed by atoms with E-state index >= 15 is 0 Å². The molecule has 1 amide bonds. The molecule has 0 saturated carbocycles. The van der Waals surface area contributed by atoms with Crippen molar-refractivity contribution in [2.24, 2.45) is 0 Å². The largest absolute Gasteiger partial charge is 0.497 e. The Balaban J connectivity index is 1.88. The van der Waals surface area contributed by atoms with Gasteiger partial charge in [0, 0.05) is 19.2 Å². The van der Waals surface area contributed by atoms with Crippen LogP contribution in [0, 0.1) is 0 Å². The number of hydrogen-bond donors (Lipinski definition) is 1. The molecule has 2 rings (SSSR count). The van der Waals surface area contributed by atoms with Crippen molar-refractivity contribution in [3.63, 3.8) is 0 Å². The first kappa shape index (κ1) is 13.6. The molecule has 1 fully saturated rings. The summed E-state index contributed by atoms with van der Waals surface area (Å²) in [5, 5.41) is 1.86. The number of nitrogens with zero attached hydrogens (tertiary/aromatic N) is 1. The van der Waals surface area contributed by atoms with Crippen LogP contribution in [0.25, 0.3) is 6.08 Å². The van der Waals surface area contributed by atoms with Gasteiger partial charge in [0.15, 0.2) is 0 Å². The average molecular weight is 262 g/mol. The minimum atomic E-state index is -0.135. The number of rotatable bonds is 4. The molecule has 1 saturated heterocycles. The van der Waals surface area contributed by atoms with Crippen LogP contribution in [0.5, 0.6) is 5.75 Å². The molecule has 5 heteroatoms. The molecule has 1 aromatic carbocycles.